The molecule has 4 aliphatic rings. The van der Waals surface area contributed by atoms with Crippen molar-refractivity contribution in [2.75, 3.05) is 4.90 Å². The second-order valence-corrected chi connectivity index (χ2v) is 20.0. The third-order valence-electron chi connectivity index (χ3n) is 12.9. The van der Waals surface area contributed by atoms with Gasteiger partial charge in [-0.25, -0.2) is 0 Å². The summed E-state index contributed by atoms with van der Waals surface area (Å²) in [4.78, 5) is 12.7. The van der Waals surface area contributed by atoms with Crippen LogP contribution in [-0.2, 0) is 0 Å². The number of benzene rings is 5. The zero-order valence-electron chi connectivity index (χ0n) is 33.3. The van der Waals surface area contributed by atoms with E-state index < -0.39 is 0 Å². The van der Waals surface area contributed by atoms with Gasteiger partial charge in [0.05, 0.1) is 22.5 Å². The predicted octanol–water partition coefficient (Wildman–Crippen LogP) is 13.2. The molecule has 3 heterocycles. The van der Waals surface area contributed by atoms with Gasteiger partial charge < -0.3 is 9.47 Å². The van der Waals surface area contributed by atoms with Crippen LogP contribution in [-0.4, -0.2) is 15.9 Å². The van der Waals surface area contributed by atoms with E-state index in [0.717, 1.165) is 12.8 Å². The van der Waals surface area contributed by atoms with Gasteiger partial charge in [0.1, 0.15) is 0 Å². The summed E-state index contributed by atoms with van der Waals surface area (Å²) in [7, 11) is 0. The van der Waals surface area contributed by atoms with Crippen molar-refractivity contribution < 1.29 is 0 Å². The summed E-state index contributed by atoms with van der Waals surface area (Å²) in [5.74, 6) is 0. The second kappa shape index (κ2) is 13.9. The first-order chi connectivity index (χ1) is 27.2. The van der Waals surface area contributed by atoms with Crippen LogP contribution < -0.4 is 15.5 Å². The molecule has 0 N–H and O–H groups in total. The van der Waals surface area contributed by atoms with Crippen molar-refractivity contribution in [1.29, 1.82) is 0 Å². The fourth-order valence-electron chi connectivity index (χ4n) is 9.16. The lowest BCUT2D eigenvalue weighted by atomic mass is 9.99. The number of hydrogen-bond acceptors (Lipinski definition) is 5. The van der Waals surface area contributed by atoms with Gasteiger partial charge in [-0.15, -0.1) is 11.8 Å². The first-order valence-electron chi connectivity index (χ1n) is 19.7. The molecule has 6 heteroatoms. The highest BCUT2D eigenvalue weighted by atomic mass is 32.2. The van der Waals surface area contributed by atoms with Crippen molar-refractivity contribution in [1.82, 2.24) is 4.57 Å². The van der Waals surface area contributed by atoms with Crippen molar-refractivity contribution in [3.8, 4) is 0 Å². The average molecular weight is 803 g/mol. The molecule has 2 aliphatic carbocycles. The van der Waals surface area contributed by atoms with Crippen molar-refractivity contribution >= 4 is 87.2 Å². The van der Waals surface area contributed by atoms with Crippen molar-refractivity contribution in [3.63, 3.8) is 0 Å². The van der Waals surface area contributed by atoms with E-state index >= 15 is 0 Å². The molecule has 0 saturated heterocycles. The Labute approximate surface area is 348 Å². The van der Waals surface area contributed by atoms with Crippen molar-refractivity contribution in [2.24, 2.45) is 0 Å². The SMILES string of the molecule is Cc1c(C)c(C)c2c(c1C)SC1=C(S2)C(N(c2ccccc2)c2ccccc2)C2Sc3c(C)c(C)c(C)c(C)c3SC2=C1n1c2c(c3ccccc31)=CCCC=2. The smallest absolute Gasteiger partial charge is 0.0834 e. The van der Waals surface area contributed by atoms with Gasteiger partial charge in [-0.2, -0.15) is 0 Å². The van der Waals surface area contributed by atoms with Gasteiger partial charge in [0.15, 0.2) is 0 Å². The lowest BCUT2D eigenvalue weighted by Crippen LogP contribution is -2.45. The van der Waals surface area contributed by atoms with Crippen LogP contribution in [0, 0.1) is 55.4 Å². The van der Waals surface area contributed by atoms with E-state index in [4.69, 9.17) is 0 Å². The normalized spacial score (nSPS) is 18.4. The minimum absolute atomic E-state index is 0.0423. The Morgan fingerprint density at radius 3 is 1.64 bits per heavy atom. The van der Waals surface area contributed by atoms with Gasteiger partial charge >= 0.3 is 0 Å². The van der Waals surface area contributed by atoms with E-state index in [9.17, 15) is 0 Å². The topological polar surface area (TPSA) is 8.17 Å². The fourth-order valence-corrected chi connectivity index (χ4v) is 15.7. The van der Waals surface area contributed by atoms with E-state index in [1.54, 1.807) is 0 Å². The maximum absolute atomic E-state index is 2.69. The number of hydrogen-bond donors (Lipinski definition) is 0. The Hall–Kier alpha value is -3.94. The Morgan fingerprint density at radius 1 is 0.518 bits per heavy atom. The average Bonchev–Trinajstić information content (AvgIpc) is 3.57. The maximum atomic E-state index is 2.69. The molecular weight excluding hydrogens is 757 g/mol. The van der Waals surface area contributed by atoms with Crippen LogP contribution in [0.5, 0.6) is 0 Å². The fraction of sp³-hybridized carbons (Fsp3) is 0.240. The maximum Gasteiger partial charge on any atom is 0.0834 e. The van der Waals surface area contributed by atoms with Crippen LogP contribution in [0.3, 0.4) is 0 Å². The lowest BCUT2D eigenvalue weighted by Gasteiger charge is -2.47. The van der Waals surface area contributed by atoms with E-state index in [-0.39, 0.29) is 11.3 Å². The number of rotatable bonds is 4. The van der Waals surface area contributed by atoms with E-state index in [0.29, 0.717) is 0 Å². The Morgan fingerprint density at radius 2 is 1.02 bits per heavy atom. The van der Waals surface area contributed by atoms with Gasteiger partial charge in [-0.05, 0) is 143 Å². The number of aromatic nitrogens is 1. The highest BCUT2D eigenvalue weighted by Crippen LogP contribution is 2.65. The number of nitrogens with zero attached hydrogens (tertiary/aromatic N) is 2. The summed E-state index contributed by atoms with van der Waals surface area (Å²) in [6.07, 6.45) is 7.14. The van der Waals surface area contributed by atoms with Crippen molar-refractivity contribution in [2.45, 2.75) is 99.1 Å². The Bertz CT molecular complexity index is 2810. The summed E-state index contributed by atoms with van der Waals surface area (Å²) < 4.78 is 2.69. The first kappa shape index (κ1) is 36.4. The highest BCUT2D eigenvalue weighted by Gasteiger charge is 2.48. The number of anilines is 2. The molecule has 6 aromatic rings. The molecule has 280 valence electrons. The molecule has 2 nitrogen and oxygen atoms in total. The third-order valence-corrected chi connectivity index (χ3v) is 19.0. The van der Waals surface area contributed by atoms with Gasteiger partial charge in [0.2, 0.25) is 0 Å². The van der Waals surface area contributed by atoms with Gasteiger partial charge in [0, 0.05) is 61.6 Å². The monoisotopic (exact) mass is 802 g/mol. The largest absolute Gasteiger partial charge is 0.332 e. The molecule has 2 unspecified atom stereocenters. The summed E-state index contributed by atoms with van der Waals surface area (Å²) in [5.41, 5.74) is 16.4. The Balaban J connectivity index is 1.36. The summed E-state index contributed by atoms with van der Waals surface area (Å²) in [6, 6.07) is 31.5. The number of thioether (sulfide) groups is 4. The van der Waals surface area contributed by atoms with Crippen molar-refractivity contribution in [3.05, 3.63) is 155 Å². The zero-order chi connectivity index (χ0) is 38.6. The van der Waals surface area contributed by atoms with E-state index in [1.807, 2.05) is 11.8 Å². The van der Waals surface area contributed by atoms with Crippen LogP contribution in [0.25, 0.3) is 28.8 Å². The molecule has 2 aliphatic heterocycles. The molecule has 0 bridgehead atoms. The van der Waals surface area contributed by atoms with E-state index in [2.05, 4.69) is 197 Å². The number of fused-ring (bicyclic) bond motifs is 6. The molecule has 0 amide bonds. The number of para-hydroxylation sites is 3. The van der Waals surface area contributed by atoms with Gasteiger partial charge in [0.25, 0.3) is 0 Å². The minimum Gasteiger partial charge on any atom is -0.332 e. The third kappa shape index (κ3) is 5.35. The molecule has 56 heavy (non-hydrogen) atoms. The molecule has 0 saturated carbocycles. The molecule has 2 atom stereocenters. The molecule has 5 aromatic carbocycles. The molecule has 0 fully saturated rings. The Kier molecular flexibility index (Phi) is 9.01. The minimum atomic E-state index is 0.0423. The van der Waals surface area contributed by atoms with Crippen LogP contribution in [0.1, 0.15) is 57.3 Å². The van der Waals surface area contributed by atoms with Gasteiger partial charge in [-0.1, -0.05) is 102 Å². The number of allylic oxidation sites excluding steroid dienone is 1. The van der Waals surface area contributed by atoms with Crippen LogP contribution in [0.4, 0.5) is 11.4 Å². The predicted molar refractivity (Wildman–Crippen MR) is 246 cm³/mol. The standard InChI is InChI=1S/C50H46N2S4/c1-27-29(3)33(7)45-43(31(27)5)53-47-41(51(35-19-11-9-12-20-35)36-21-13-10-14-22-36)48-50(56-46-34(8)30(4)28(2)32(6)44(46)54-48)42(49(47)55-45)52-39-25-17-15-23-37(39)38-24-16-18-26-40(38)52/h9-15,17,19-26,41,47H,16,18H2,1-8H3. The lowest BCUT2D eigenvalue weighted by molar-refractivity contribution is 0.770. The first-order valence-corrected chi connectivity index (χ1v) is 23.1. The quantitative estimate of drug-likeness (QED) is 0.175. The molecule has 1 aromatic heterocycles. The van der Waals surface area contributed by atoms with Crippen LogP contribution in [0.2, 0.25) is 0 Å². The summed E-state index contributed by atoms with van der Waals surface area (Å²) in [6.45, 7) is 18.7. The van der Waals surface area contributed by atoms with Crippen LogP contribution >= 0.6 is 47.0 Å². The van der Waals surface area contributed by atoms with Gasteiger partial charge in [-0.3, -0.25) is 0 Å². The molecule has 0 radical (unpaired) electrons. The molecule has 0 spiro atoms. The zero-order valence-corrected chi connectivity index (χ0v) is 36.6. The molecular formula is C50H46N2S4. The van der Waals surface area contributed by atoms with E-state index in [1.165, 1.54) is 117 Å². The summed E-state index contributed by atoms with van der Waals surface area (Å²) >= 11 is 8.27. The van der Waals surface area contributed by atoms with Crippen LogP contribution in [0.15, 0.2) is 119 Å². The summed E-state index contributed by atoms with van der Waals surface area (Å²) in [5, 5.41) is 4.22. The molecule has 10 rings (SSSR count). The second-order valence-electron chi connectivity index (χ2n) is 15.7. The highest BCUT2D eigenvalue weighted by molar-refractivity contribution is 8.11.